The van der Waals surface area contributed by atoms with E-state index in [9.17, 15) is 18.4 Å². The summed E-state index contributed by atoms with van der Waals surface area (Å²) in [5, 5.41) is 8.08. The molecule has 0 spiro atoms. The van der Waals surface area contributed by atoms with Gasteiger partial charge in [-0.05, 0) is 39.3 Å². The molecule has 0 aromatic carbocycles. The number of halogens is 2. The number of aromatic nitrogens is 4. The summed E-state index contributed by atoms with van der Waals surface area (Å²) in [5.74, 6) is -2.28. The number of carbonyl (C=O) groups is 2. The number of ether oxygens (including phenoxy) is 1. The number of fused-ring (bicyclic) bond motifs is 3. The number of piperidine rings is 1. The Hall–Kier alpha value is -3.83. The minimum Gasteiger partial charge on any atom is -0.444 e. The fraction of sp³-hybridized carbons (Fsp3) is 0.480. The number of anilines is 2. The second-order valence-corrected chi connectivity index (χ2v) is 10.6. The summed E-state index contributed by atoms with van der Waals surface area (Å²) < 4.78 is 35.1. The molecule has 2 atom stereocenters. The van der Waals surface area contributed by atoms with Gasteiger partial charge in [0, 0.05) is 39.2 Å². The van der Waals surface area contributed by atoms with Gasteiger partial charge in [-0.3, -0.25) is 9.69 Å². The number of nitrogens with one attached hydrogen (secondary N) is 1. The van der Waals surface area contributed by atoms with Crippen molar-refractivity contribution in [1.29, 1.82) is 0 Å². The van der Waals surface area contributed by atoms with Crippen LogP contribution in [0.4, 0.5) is 25.2 Å². The molecule has 6 rings (SSSR count). The first kappa shape index (κ1) is 24.8. The Morgan fingerprint density at radius 2 is 1.84 bits per heavy atom. The molecule has 196 valence electrons. The molecule has 2 unspecified atom stereocenters. The number of carbonyl (C=O) groups excluding carboxylic acids is 2. The second-order valence-electron chi connectivity index (χ2n) is 10.6. The van der Waals surface area contributed by atoms with E-state index >= 15 is 0 Å². The van der Waals surface area contributed by atoms with Crippen molar-refractivity contribution < 1.29 is 23.1 Å². The fourth-order valence-corrected chi connectivity index (χ4v) is 4.83. The number of piperazine rings is 1. The summed E-state index contributed by atoms with van der Waals surface area (Å²) in [6, 6.07) is 5.96. The summed E-state index contributed by atoms with van der Waals surface area (Å²) in [6.45, 7) is 8.76. The smallest absolute Gasteiger partial charge is 0.410 e. The number of pyridine rings is 2. The summed E-state index contributed by atoms with van der Waals surface area (Å²) in [4.78, 5) is 36.6. The Labute approximate surface area is 212 Å². The largest absolute Gasteiger partial charge is 0.444 e. The normalized spacial score (nSPS) is 19.5. The molecule has 0 saturated carbocycles. The number of amides is 2. The lowest BCUT2D eigenvalue weighted by molar-refractivity contribution is -0.114. The molecule has 0 aliphatic carbocycles. The highest BCUT2D eigenvalue weighted by Gasteiger charge is 2.49. The molecule has 3 aliphatic heterocycles. The lowest BCUT2D eigenvalue weighted by Crippen LogP contribution is -2.70. The van der Waals surface area contributed by atoms with Gasteiger partial charge in [0.25, 0.3) is 5.92 Å². The molecule has 2 bridgehead atoms. The van der Waals surface area contributed by atoms with E-state index < -0.39 is 11.5 Å². The van der Waals surface area contributed by atoms with Gasteiger partial charge in [0.1, 0.15) is 17.1 Å². The first-order chi connectivity index (χ1) is 17.3. The number of rotatable bonds is 4. The quantitative estimate of drug-likeness (QED) is 0.560. The highest BCUT2D eigenvalue weighted by Crippen LogP contribution is 2.38. The van der Waals surface area contributed by atoms with Gasteiger partial charge in [0.2, 0.25) is 5.91 Å². The van der Waals surface area contributed by atoms with Crippen LogP contribution in [0.25, 0.3) is 16.7 Å². The molecule has 3 aromatic rings. The van der Waals surface area contributed by atoms with Gasteiger partial charge < -0.3 is 15.0 Å². The van der Waals surface area contributed by atoms with Crippen molar-refractivity contribution >= 4 is 34.5 Å². The van der Waals surface area contributed by atoms with E-state index in [4.69, 9.17) is 9.84 Å². The van der Waals surface area contributed by atoms with Crippen LogP contribution in [-0.2, 0) is 15.5 Å². The Balaban J connectivity index is 1.51. The predicted molar refractivity (Wildman–Crippen MR) is 133 cm³/mol. The van der Waals surface area contributed by atoms with E-state index in [1.165, 1.54) is 23.7 Å². The van der Waals surface area contributed by atoms with Crippen molar-refractivity contribution in [3.63, 3.8) is 0 Å². The minimum atomic E-state index is -3.12. The third-order valence-electron chi connectivity index (χ3n) is 6.35. The first-order valence-electron chi connectivity index (χ1n) is 12.1. The first-order valence-corrected chi connectivity index (χ1v) is 12.1. The summed E-state index contributed by atoms with van der Waals surface area (Å²) in [7, 11) is 0. The highest BCUT2D eigenvalue weighted by molar-refractivity contribution is 5.95. The van der Waals surface area contributed by atoms with Crippen LogP contribution in [0, 0.1) is 0 Å². The van der Waals surface area contributed by atoms with Crippen LogP contribution >= 0.6 is 0 Å². The molecule has 0 radical (unpaired) electrons. The molecule has 2 amide bonds. The third-order valence-corrected chi connectivity index (χ3v) is 6.35. The maximum Gasteiger partial charge on any atom is 0.410 e. The van der Waals surface area contributed by atoms with Crippen LogP contribution in [0.15, 0.2) is 30.5 Å². The number of hydrogen-bond acceptors (Lipinski definition) is 7. The van der Waals surface area contributed by atoms with Crippen LogP contribution in [-0.4, -0.2) is 67.4 Å². The Morgan fingerprint density at radius 3 is 2.46 bits per heavy atom. The average Bonchev–Trinajstić information content (AvgIpc) is 3.16. The zero-order chi connectivity index (χ0) is 26.7. The lowest BCUT2D eigenvalue weighted by Gasteiger charge is -2.55. The SMILES string of the molecule is CC(=O)Nc1cc2c(cn1)c(N1CC3CC(C1)N3C(=O)OC(C)(C)C)nn2-c1cccc(C(C)(F)F)n1. The van der Waals surface area contributed by atoms with E-state index in [1.54, 1.807) is 23.2 Å². The van der Waals surface area contributed by atoms with Gasteiger partial charge in [0.05, 0.1) is 23.0 Å². The monoisotopic (exact) mass is 513 g/mol. The van der Waals surface area contributed by atoms with Gasteiger partial charge in [-0.25, -0.2) is 19.4 Å². The van der Waals surface area contributed by atoms with E-state index in [0.717, 1.165) is 13.3 Å². The number of alkyl halides is 2. The molecule has 3 aromatic heterocycles. The fourth-order valence-electron chi connectivity index (χ4n) is 4.83. The molecular weight excluding hydrogens is 484 g/mol. The topological polar surface area (TPSA) is 105 Å². The molecule has 3 aliphatic rings. The maximum atomic E-state index is 14.0. The van der Waals surface area contributed by atoms with Crippen molar-refractivity contribution in [3.05, 3.63) is 36.2 Å². The summed E-state index contributed by atoms with van der Waals surface area (Å²) >= 11 is 0. The van der Waals surface area contributed by atoms with Crippen molar-refractivity contribution in [2.45, 2.75) is 64.6 Å². The molecule has 10 nitrogen and oxygen atoms in total. The summed E-state index contributed by atoms with van der Waals surface area (Å²) in [6.07, 6.45) is 2.14. The second kappa shape index (κ2) is 8.63. The zero-order valence-electron chi connectivity index (χ0n) is 21.3. The van der Waals surface area contributed by atoms with E-state index in [0.29, 0.717) is 35.6 Å². The standard InChI is InChI=1S/C25H29F2N7O3/c1-14(35)29-20-10-18-17(11-28-20)22(31-34(18)21-8-6-7-19(30-21)25(5,26)27)32-12-15-9-16(13-32)33(15)23(36)37-24(2,3)4/h6-8,10-11,15-16H,9,12-13H2,1-5H3,(H,28,29,35). The van der Waals surface area contributed by atoms with Gasteiger partial charge in [-0.2, -0.15) is 8.78 Å². The molecule has 37 heavy (non-hydrogen) atoms. The molecule has 1 N–H and O–H groups in total. The average molecular weight is 514 g/mol. The van der Waals surface area contributed by atoms with Gasteiger partial charge in [0.15, 0.2) is 11.6 Å². The third kappa shape index (κ3) is 4.79. The molecule has 3 fully saturated rings. The van der Waals surface area contributed by atoms with E-state index in [-0.39, 0.29) is 35.6 Å². The van der Waals surface area contributed by atoms with Gasteiger partial charge in [-0.1, -0.05) is 6.07 Å². The molecule has 6 heterocycles. The summed E-state index contributed by atoms with van der Waals surface area (Å²) in [5.41, 5.74) is -0.399. The van der Waals surface area contributed by atoms with Crippen LogP contribution in [0.5, 0.6) is 0 Å². The number of nitrogens with zero attached hydrogens (tertiary/aromatic N) is 6. The van der Waals surface area contributed by atoms with Crippen molar-refractivity contribution in [1.82, 2.24) is 24.6 Å². The highest BCUT2D eigenvalue weighted by atomic mass is 19.3. The Bertz CT molecular complexity index is 1370. The zero-order valence-corrected chi connectivity index (χ0v) is 21.3. The lowest BCUT2D eigenvalue weighted by atomic mass is 9.88. The van der Waals surface area contributed by atoms with Crippen LogP contribution in [0.2, 0.25) is 0 Å². The molecular formula is C25H29F2N7O3. The van der Waals surface area contributed by atoms with Crippen LogP contribution in [0.1, 0.15) is 46.7 Å². The van der Waals surface area contributed by atoms with E-state index in [1.807, 2.05) is 20.8 Å². The number of hydrogen-bond donors (Lipinski definition) is 1. The molecule has 12 heteroatoms. The van der Waals surface area contributed by atoms with Crippen LogP contribution < -0.4 is 10.2 Å². The van der Waals surface area contributed by atoms with Crippen molar-refractivity contribution in [2.24, 2.45) is 0 Å². The van der Waals surface area contributed by atoms with Gasteiger partial charge >= 0.3 is 6.09 Å². The van der Waals surface area contributed by atoms with E-state index in [2.05, 4.69) is 20.2 Å². The van der Waals surface area contributed by atoms with Gasteiger partial charge in [-0.15, -0.1) is 5.10 Å². The minimum absolute atomic E-state index is 0.0272. The van der Waals surface area contributed by atoms with Crippen molar-refractivity contribution in [2.75, 3.05) is 23.3 Å². The van der Waals surface area contributed by atoms with Crippen LogP contribution in [0.3, 0.4) is 0 Å². The maximum absolute atomic E-state index is 14.0. The molecule has 3 saturated heterocycles. The predicted octanol–water partition coefficient (Wildman–Crippen LogP) is 4.08. The Morgan fingerprint density at radius 1 is 1.14 bits per heavy atom. The Kier molecular flexibility index (Phi) is 5.80. The van der Waals surface area contributed by atoms with Crippen molar-refractivity contribution in [3.8, 4) is 5.82 Å².